The van der Waals surface area contributed by atoms with E-state index in [2.05, 4.69) is 29.6 Å². The van der Waals surface area contributed by atoms with Crippen LogP contribution in [0.1, 0.15) is 48.5 Å². The quantitative estimate of drug-likeness (QED) is 0.0518. The number of hydrogen-bond donors (Lipinski definition) is 9. The van der Waals surface area contributed by atoms with Crippen molar-refractivity contribution < 1.29 is 9.59 Å². The van der Waals surface area contributed by atoms with Crippen molar-refractivity contribution in [1.82, 2.24) is 0 Å². The van der Waals surface area contributed by atoms with Gasteiger partial charge in [0.25, 0.3) is 5.91 Å². The molecule has 0 saturated carbocycles. The van der Waals surface area contributed by atoms with Crippen molar-refractivity contribution in [2.45, 2.75) is 12.8 Å². The number of ketones is 1. The zero-order valence-electron chi connectivity index (χ0n) is 34.8. The normalized spacial score (nSPS) is 10.0. The van der Waals surface area contributed by atoms with Gasteiger partial charge in [-0.1, -0.05) is 109 Å². The van der Waals surface area contributed by atoms with E-state index in [0.717, 1.165) is 52.4 Å². The van der Waals surface area contributed by atoms with Gasteiger partial charge in [-0.05, 0) is 120 Å². The minimum Gasteiger partial charge on any atom is -0.399 e. The highest BCUT2D eigenvalue weighted by molar-refractivity contribution is 6.10. The molecule has 0 atom stereocenters. The third kappa shape index (κ3) is 15.1. The fourth-order valence-electron chi connectivity index (χ4n) is 6.37. The molecular formula is C52H53N9O2. The molecule has 8 aromatic carbocycles. The highest BCUT2D eigenvalue weighted by Crippen LogP contribution is 2.21. The molecule has 0 spiro atoms. The average Bonchev–Trinajstić information content (AvgIpc) is 3.26. The third-order valence-corrected chi connectivity index (χ3v) is 9.24. The second kappa shape index (κ2) is 22.6. The Bertz CT molecular complexity index is 2650. The molecule has 0 aliphatic carbocycles. The first kappa shape index (κ1) is 45.4. The second-order valence-electron chi connectivity index (χ2n) is 14.6. The standard InChI is InChI=1S/C13H13N3O.C13H12N2O.2C13H14N2/c14-10-6-9(7-11(15)8-10)13(17)16-12-4-2-1-3-5-12;14-11-6-10(7-12(15)8-11)13(16)9-4-2-1-3-5-9;14-12-7-11(8-13(15)9-12)6-10-4-2-1-3-5-10;14-12-6-7-13(15)11(9-12)8-10-4-2-1-3-5-10/h1-8H,14-15H2,(H,16,17);1-8H,14-15H2;1-5,7-9H,6,14-15H2;1-7,9H,8,14-15H2. The van der Waals surface area contributed by atoms with Crippen LogP contribution in [0.25, 0.3) is 0 Å². The van der Waals surface area contributed by atoms with Crippen molar-refractivity contribution in [2.24, 2.45) is 0 Å². The van der Waals surface area contributed by atoms with Crippen molar-refractivity contribution in [2.75, 3.05) is 51.2 Å². The van der Waals surface area contributed by atoms with Gasteiger partial charge in [0.05, 0.1) is 0 Å². The zero-order valence-corrected chi connectivity index (χ0v) is 34.8. The molecule has 0 aliphatic heterocycles. The van der Waals surface area contributed by atoms with Gasteiger partial charge in [0.2, 0.25) is 0 Å². The number of amides is 1. The van der Waals surface area contributed by atoms with Gasteiger partial charge in [-0.3, -0.25) is 9.59 Å². The molecular weight excluding hydrogens is 783 g/mol. The maximum Gasteiger partial charge on any atom is 0.255 e. The maximum atomic E-state index is 12.0. The Kier molecular flexibility index (Phi) is 16.3. The number of carbonyl (C=O) groups excluding carboxylic acids is 2. The van der Waals surface area contributed by atoms with Crippen LogP contribution in [0.4, 0.5) is 51.2 Å². The first-order valence-electron chi connectivity index (χ1n) is 20.0. The zero-order chi connectivity index (χ0) is 45.1. The number of hydrogen-bond acceptors (Lipinski definition) is 10. The van der Waals surface area contributed by atoms with Crippen molar-refractivity contribution in [1.29, 1.82) is 0 Å². The minimum absolute atomic E-state index is 0.0698. The molecule has 11 heteroatoms. The molecule has 0 saturated heterocycles. The van der Waals surface area contributed by atoms with Gasteiger partial charge in [-0.2, -0.15) is 0 Å². The lowest BCUT2D eigenvalue weighted by atomic mass is 10.0. The molecule has 0 unspecified atom stereocenters. The molecule has 17 N–H and O–H groups in total. The molecule has 0 aromatic heterocycles. The van der Waals surface area contributed by atoms with E-state index >= 15 is 0 Å². The predicted octanol–water partition coefficient (Wildman–Crippen LogP) is 9.07. The number of nitrogens with one attached hydrogen (secondary N) is 1. The van der Waals surface area contributed by atoms with Crippen LogP contribution in [-0.4, -0.2) is 11.7 Å². The summed E-state index contributed by atoms with van der Waals surface area (Å²) < 4.78 is 0. The lowest BCUT2D eigenvalue weighted by Gasteiger charge is -2.06. The van der Waals surface area contributed by atoms with E-state index in [1.165, 1.54) is 11.1 Å². The van der Waals surface area contributed by atoms with E-state index in [1.54, 1.807) is 54.6 Å². The van der Waals surface area contributed by atoms with Crippen LogP contribution in [0.5, 0.6) is 0 Å². The monoisotopic (exact) mass is 835 g/mol. The SMILES string of the molecule is Nc1cc(N)cc(C(=O)Nc2ccccc2)c1.Nc1cc(N)cc(C(=O)c2ccccc2)c1.Nc1cc(N)cc(Cc2ccccc2)c1.Nc1ccc(N)c(Cc2ccccc2)c1. The Morgan fingerprint density at radius 2 is 0.762 bits per heavy atom. The van der Waals surface area contributed by atoms with Crippen molar-refractivity contribution >= 4 is 62.9 Å². The average molecular weight is 836 g/mol. The Hall–Kier alpha value is -8.70. The summed E-state index contributed by atoms with van der Waals surface area (Å²) in [5.41, 5.74) is 57.7. The highest BCUT2D eigenvalue weighted by atomic mass is 16.1. The van der Waals surface area contributed by atoms with E-state index in [-0.39, 0.29) is 11.7 Å². The number of rotatable bonds is 8. The van der Waals surface area contributed by atoms with Crippen LogP contribution >= 0.6 is 0 Å². The number of anilines is 9. The van der Waals surface area contributed by atoms with Crippen LogP contribution in [-0.2, 0) is 12.8 Å². The first-order chi connectivity index (χ1) is 30.3. The van der Waals surface area contributed by atoms with Crippen molar-refractivity contribution in [3.63, 3.8) is 0 Å². The van der Waals surface area contributed by atoms with Crippen molar-refractivity contribution in [3.8, 4) is 0 Å². The fourth-order valence-corrected chi connectivity index (χ4v) is 6.37. The Morgan fingerprint density at radius 3 is 1.25 bits per heavy atom. The smallest absolute Gasteiger partial charge is 0.255 e. The fraction of sp³-hybridized carbons (Fsp3) is 0.0385. The van der Waals surface area contributed by atoms with Gasteiger partial charge in [-0.15, -0.1) is 0 Å². The lowest BCUT2D eigenvalue weighted by Crippen LogP contribution is -2.12. The number of para-hydroxylation sites is 1. The van der Waals surface area contributed by atoms with Gasteiger partial charge in [-0.25, -0.2) is 0 Å². The molecule has 0 radical (unpaired) electrons. The molecule has 11 nitrogen and oxygen atoms in total. The van der Waals surface area contributed by atoms with Crippen LogP contribution in [0.2, 0.25) is 0 Å². The summed E-state index contributed by atoms with van der Waals surface area (Å²) in [5, 5.41) is 2.76. The predicted molar refractivity (Wildman–Crippen MR) is 264 cm³/mol. The van der Waals surface area contributed by atoms with E-state index in [0.29, 0.717) is 39.4 Å². The van der Waals surface area contributed by atoms with Crippen LogP contribution in [0.3, 0.4) is 0 Å². The van der Waals surface area contributed by atoms with Gasteiger partial charge in [0.15, 0.2) is 5.78 Å². The molecule has 0 fully saturated rings. The number of benzene rings is 8. The summed E-state index contributed by atoms with van der Waals surface area (Å²) in [6, 6.07) is 59.7. The molecule has 8 rings (SSSR count). The Balaban J connectivity index is 0.000000159. The molecule has 0 heterocycles. The third-order valence-electron chi connectivity index (χ3n) is 9.24. The van der Waals surface area contributed by atoms with Crippen LogP contribution in [0.15, 0.2) is 194 Å². The van der Waals surface area contributed by atoms with E-state index < -0.39 is 0 Å². The highest BCUT2D eigenvalue weighted by Gasteiger charge is 2.10. The maximum absolute atomic E-state index is 12.0. The summed E-state index contributed by atoms with van der Waals surface area (Å²) in [6.45, 7) is 0. The minimum atomic E-state index is -0.227. The number of nitrogens with two attached hydrogens (primary N) is 8. The topological polar surface area (TPSA) is 254 Å². The van der Waals surface area contributed by atoms with Crippen molar-refractivity contribution in [3.05, 3.63) is 233 Å². The molecule has 318 valence electrons. The van der Waals surface area contributed by atoms with Crippen LogP contribution < -0.4 is 51.2 Å². The number of carbonyl (C=O) groups is 2. The van der Waals surface area contributed by atoms with E-state index in [4.69, 9.17) is 45.9 Å². The number of nitrogen functional groups attached to an aromatic ring is 8. The van der Waals surface area contributed by atoms with E-state index in [1.807, 2.05) is 115 Å². The molecule has 63 heavy (non-hydrogen) atoms. The Labute approximate surface area is 368 Å². The molecule has 0 bridgehead atoms. The summed E-state index contributed by atoms with van der Waals surface area (Å²) >= 11 is 0. The first-order valence-corrected chi connectivity index (χ1v) is 20.0. The summed E-state index contributed by atoms with van der Waals surface area (Å²) in [5.74, 6) is -0.296. The van der Waals surface area contributed by atoms with Gasteiger partial charge in [0, 0.05) is 67.9 Å². The summed E-state index contributed by atoms with van der Waals surface area (Å²) in [7, 11) is 0. The Morgan fingerprint density at radius 1 is 0.349 bits per heavy atom. The van der Waals surface area contributed by atoms with Gasteiger partial charge in [0.1, 0.15) is 0 Å². The molecule has 0 aliphatic rings. The van der Waals surface area contributed by atoms with Crippen LogP contribution in [0, 0.1) is 0 Å². The second-order valence-corrected chi connectivity index (χ2v) is 14.6. The van der Waals surface area contributed by atoms with E-state index in [9.17, 15) is 9.59 Å². The summed E-state index contributed by atoms with van der Waals surface area (Å²) in [4.78, 5) is 23.9. The summed E-state index contributed by atoms with van der Waals surface area (Å²) in [6.07, 6.45) is 1.70. The lowest BCUT2D eigenvalue weighted by molar-refractivity contribution is 0.102. The van der Waals surface area contributed by atoms with Gasteiger partial charge >= 0.3 is 0 Å². The molecule has 8 aromatic rings. The molecule has 1 amide bonds. The largest absolute Gasteiger partial charge is 0.399 e. The van der Waals surface area contributed by atoms with Gasteiger partial charge < -0.3 is 51.2 Å².